The molecule has 0 aliphatic rings. The molecule has 0 saturated heterocycles. The van der Waals surface area contributed by atoms with Crippen molar-refractivity contribution < 1.29 is 27.8 Å². The van der Waals surface area contributed by atoms with Gasteiger partial charge in [0.25, 0.3) is 11.8 Å². The molecular weight excluding hydrogens is 418 g/mol. The van der Waals surface area contributed by atoms with Crippen LogP contribution in [0, 0.1) is 11.6 Å². The number of ether oxygens (including phenoxy) is 2. The monoisotopic (exact) mass is 438 g/mol. The highest BCUT2D eigenvalue weighted by Gasteiger charge is 2.22. The Labute approximate surface area is 183 Å². The van der Waals surface area contributed by atoms with Crippen LogP contribution in [-0.2, 0) is 9.59 Å². The van der Waals surface area contributed by atoms with Crippen LogP contribution < -0.4 is 20.1 Å². The minimum atomic E-state index is -0.887. The van der Waals surface area contributed by atoms with E-state index in [0.717, 1.165) is 0 Å². The van der Waals surface area contributed by atoms with Gasteiger partial charge < -0.3 is 20.1 Å². The molecule has 0 heterocycles. The van der Waals surface area contributed by atoms with Gasteiger partial charge in [-0.25, -0.2) is 8.78 Å². The molecule has 2 amide bonds. The molecule has 0 aliphatic heterocycles. The molecule has 0 radical (unpaired) electrons. The number of rotatable bonds is 7. The zero-order chi connectivity index (χ0) is 23.1. The predicted octanol–water partition coefficient (Wildman–Crippen LogP) is 4.64. The maximum Gasteiger partial charge on any atom is 0.261 e. The number of halogens is 2. The maximum absolute atomic E-state index is 14.0. The number of carbonyl (C=O) groups excluding carboxylic acids is 2. The van der Waals surface area contributed by atoms with Crippen molar-refractivity contribution in [1.82, 2.24) is 0 Å². The van der Waals surface area contributed by atoms with Gasteiger partial charge in [0.15, 0.2) is 0 Å². The Balaban J connectivity index is 2.01. The van der Waals surface area contributed by atoms with Crippen molar-refractivity contribution in [3.8, 4) is 11.5 Å². The molecule has 32 heavy (non-hydrogen) atoms. The number of benzene rings is 3. The van der Waals surface area contributed by atoms with Crippen molar-refractivity contribution in [3.05, 3.63) is 89.5 Å². The fourth-order valence-corrected chi connectivity index (χ4v) is 2.83. The zero-order valence-corrected chi connectivity index (χ0v) is 17.3. The lowest BCUT2D eigenvalue weighted by Crippen LogP contribution is -2.26. The number of nitrogens with one attached hydrogen (secondary N) is 2. The summed E-state index contributed by atoms with van der Waals surface area (Å²) in [7, 11) is 2.91. The molecule has 0 spiro atoms. The van der Waals surface area contributed by atoms with Crippen molar-refractivity contribution in [2.75, 3.05) is 24.9 Å². The first kappa shape index (κ1) is 22.5. The molecule has 0 bridgehead atoms. The average molecular weight is 438 g/mol. The van der Waals surface area contributed by atoms with Crippen molar-refractivity contribution in [2.24, 2.45) is 0 Å². The molecule has 0 aliphatic carbocycles. The minimum absolute atomic E-state index is 0.108. The van der Waals surface area contributed by atoms with Gasteiger partial charge in [-0.05, 0) is 42.5 Å². The zero-order valence-electron chi connectivity index (χ0n) is 17.3. The highest BCUT2D eigenvalue weighted by atomic mass is 19.1. The van der Waals surface area contributed by atoms with Gasteiger partial charge in [0, 0.05) is 11.6 Å². The van der Waals surface area contributed by atoms with Crippen LogP contribution in [0.5, 0.6) is 11.5 Å². The smallest absolute Gasteiger partial charge is 0.261 e. The van der Waals surface area contributed by atoms with E-state index in [2.05, 4.69) is 10.6 Å². The summed E-state index contributed by atoms with van der Waals surface area (Å²) in [6.07, 6.45) is 1.27. The van der Waals surface area contributed by atoms with Crippen molar-refractivity contribution in [2.45, 2.75) is 0 Å². The van der Waals surface area contributed by atoms with Crippen LogP contribution in [0.1, 0.15) is 5.56 Å². The Morgan fingerprint density at radius 2 is 1.31 bits per heavy atom. The Kier molecular flexibility index (Phi) is 7.17. The van der Waals surface area contributed by atoms with Crippen LogP contribution in [0.3, 0.4) is 0 Å². The number of carbonyl (C=O) groups is 2. The van der Waals surface area contributed by atoms with Crippen molar-refractivity contribution in [1.29, 1.82) is 0 Å². The number of amides is 2. The number of anilines is 2. The van der Waals surface area contributed by atoms with Gasteiger partial charge in [0.1, 0.15) is 28.7 Å². The molecule has 8 heteroatoms. The van der Waals surface area contributed by atoms with Crippen LogP contribution in [0.25, 0.3) is 6.08 Å². The molecule has 3 rings (SSSR count). The van der Waals surface area contributed by atoms with Gasteiger partial charge >= 0.3 is 0 Å². The van der Waals surface area contributed by atoms with Crippen LogP contribution >= 0.6 is 0 Å². The van der Waals surface area contributed by atoms with Gasteiger partial charge in [-0.3, -0.25) is 9.59 Å². The number of hydrogen-bond acceptors (Lipinski definition) is 4. The quantitative estimate of drug-likeness (QED) is 0.320. The van der Waals surface area contributed by atoms with Crippen LogP contribution in [0.15, 0.2) is 72.3 Å². The third-order valence-corrected chi connectivity index (χ3v) is 4.47. The van der Waals surface area contributed by atoms with Crippen molar-refractivity contribution in [3.63, 3.8) is 0 Å². The topological polar surface area (TPSA) is 76.7 Å². The molecule has 3 aromatic rings. The van der Waals surface area contributed by atoms with Gasteiger partial charge in [-0.2, -0.15) is 0 Å². The summed E-state index contributed by atoms with van der Waals surface area (Å²) in [4.78, 5) is 25.9. The van der Waals surface area contributed by atoms with E-state index in [4.69, 9.17) is 9.47 Å². The minimum Gasteiger partial charge on any atom is -0.497 e. The van der Waals surface area contributed by atoms with E-state index in [9.17, 15) is 18.4 Å². The number of para-hydroxylation sites is 2. The molecule has 0 aromatic heterocycles. The maximum atomic E-state index is 14.0. The normalized spacial score (nSPS) is 10.1. The Bertz CT molecular complexity index is 1120. The Morgan fingerprint density at radius 1 is 0.781 bits per heavy atom. The summed E-state index contributed by atoms with van der Waals surface area (Å²) in [5.74, 6) is -2.27. The predicted molar refractivity (Wildman–Crippen MR) is 118 cm³/mol. The summed E-state index contributed by atoms with van der Waals surface area (Å²) in [5, 5.41) is 4.74. The first-order chi connectivity index (χ1) is 15.4. The fraction of sp³-hybridized carbons (Fsp3) is 0.0833. The first-order valence-electron chi connectivity index (χ1n) is 9.48. The summed E-state index contributed by atoms with van der Waals surface area (Å²) in [5.41, 5.74) is -0.219. The molecule has 164 valence electrons. The lowest BCUT2D eigenvalue weighted by Gasteiger charge is -2.13. The molecule has 2 N–H and O–H groups in total. The Hall–Kier alpha value is -4.20. The molecule has 6 nitrogen and oxygen atoms in total. The lowest BCUT2D eigenvalue weighted by molar-refractivity contribution is -0.118. The highest BCUT2D eigenvalue weighted by molar-refractivity contribution is 6.29. The lowest BCUT2D eigenvalue weighted by atomic mass is 10.1. The third-order valence-electron chi connectivity index (χ3n) is 4.47. The first-order valence-corrected chi connectivity index (χ1v) is 9.48. The molecular formula is C24H20F2N2O4. The molecule has 0 saturated carbocycles. The van der Waals surface area contributed by atoms with Crippen molar-refractivity contribution >= 4 is 29.3 Å². The van der Waals surface area contributed by atoms with E-state index in [1.807, 2.05) is 0 Å². The van der Waals surface area contributed by atoms with Gasteiger partial charge in [0.05, 0.1) is 25.6 Å². The fourth-order valence-electron chi connectivity index (χ4n) is 2.83. The Morgan fingerprint density at radius 3 is 1.78 bits per heavy atom. The second-order valence-electron chi connectivity index (χ2n) is 6.53. The van der Waals surface area contributed by atoms with Crippen LogP contribution in [0.4, 0.5) is 20.2 Å². The number of methoxy groups -OCH3 is 2. The summed E-state index contributed by atoms with van der Waals surface area (Å²) in [6.45, 7) is 0. The number of hydrogen-bond donors (Lipinski definition) is 2. The molecule has 0 fully saturated rings. The van der Waals surface area contributed by atoms with Gasteiger partial charge in [-0.1, -0.05) is 24.3 Å². The largest absolute Gasteiger partial charge is 0.497 e. The summed E-state index contributed by atoms with van der Waals surface area (Å²) >= 11 is 0. The van der Waals surface area contributed by atoms with E-state index in [1.54, 1.807) is 18.2 Å². The molecule has 3 aromatic carbocycles. The van der Waals surface area contributed by atoms with E-state index in [1.165, 1.54) is 68.8 Å². The third kappa shape index (κ3) is 5.28. The van der Waals surface area contributed by atoms with E-state index in [0.29, 0.717) is 17.1 Å². The highest BCUT2D eigenvalue weighted by Crippen LogP contribution is 2.27. The standard InChI is InChI=1S/C24H20F2N2O4/c1-31-16-12-11-15(22(14-16)32-2)13-17(23(29)27-20-9-5-3-7-18(20)25)24(30)28-21-10-6-4-8-19(21)26/h3-14H,1-2H3,(H,27,29)(H,28,30). The van der Waals surface area contributed by atoms with Gasteiger partial charge in [0.2, 0.25) is 0 Å². The second kappa shape index (κ2) is 10.2. The summed E-state index contributed by atoms with van der Waals surface area (Å²) in [6, 6.07) is 15.8. The van der Waals surface area contributed by atoms with E-state index in [-0.39, 0.29) is 16.9 Å². The molecule has 0 unspecified atom stereocenters. The van der Waals surface area contributed by atoms with Crippen LogP contribution in [0.2, 0.25) is 0 Å². The van der Waals surface area contributed by atoms with Crippen LogP contribution in [-0.4, -0.2) is 26.0 Å². The van der Waals surface area contributed by atoms with E-state index < -0.39 is 23.4 Å². The average Bonchev–Trinajstić information content (AvgIpc) is 2.80. The van der Waals surface area contributed by atoms with E-state index >= 15 is 0 Å². The van der Waals surface area contributed by atoms with Gasteiger partial charge in [-0.15, -0.1) is 0 Å². The SMILES string of the molecule is COc1ccc(C=C(C(=O)Nc2ccccc2F)C(=O)Nc2ccccc2F)c(OC)c1. The summed E-state index contributed by atoms with van der Waals surface area (Å²) < 4.78 is 38.5. The molecule has 0 atom stereocenters. The second-order valence-corrected chi connectivity index (χ2v) is 6.53.